The zero-order valence-corrected chi connectivity index (χ0v) is 21.0. The molecule has 0 bridgehead atoms. The highest BCUT2D eigenvalue weighted by Gasteiger charge is 2.24. The number of rotatable bonds is 6. The molecule has 0 unspecified atom stereocenters. The smallest absolute Gasteiger partial charge is 0.257 e. The van der Waals surface area contributed by atoms with Gasteiger partial charge in [-0.05, 0) is 57.0 Å². The first-order chi connectivity index (χ1) is 16.1. The fraction of sp³-hybridized carbons (Fsp3) is 0.269. The van der Waals surface area contributed by atoms with Crippen molar-refractivity contribution in [3.05, 3.63) is 92.7 Å². The molecule has 0 saturated heterocycles. The Labute approximate surface area is 208 Å². The van der Waals surface area contributed by atoms with Crippen LogP contribution < -0.4 is 10.1 Å². The van der Waals surface area contributed by atoms with Crippen molar-refractivity contribution < 1.29 is 9.53 Å². The van der Waals surface area contributed by atoms with Gasteiger partial charge in [0.25, 0.3) is 5.91 Å². The molecule has 0 spiro atoms. The summed E-state index contributed by atoms with van der Waals surface area (Å²) >= 11 is 12.3. The van der Waals surface area contributed by atoms with E-state index in [1.54, 1.807) is 10.6 Å². The molecule has 0 fully saturated rings. The molecule has 1 N–H and O–H groups in total. The molecule has 0 aliphatic heterocycles. The Morgan fingerprint density at radius 2 is 1.79 bits per heavy atom. The first-order valence-electron chi connectivity index (χ1n) is 10.9. The van der Waals surface area contributed by atoms with Gasteiger partial charge in [0.2, 0.25) is 5.88 Å². The molecule has 176 valence electrons. The zero-order valence-electron chi connectivity index (χ0n) is 19.5. The van der Waals surface area contributed by atoms with Crippen LogP contribution in [0.2, 0.25) is 10.0 Å². The maximum Gasteiger partial charge on any atom is 0.257 e. The molecule has 0 aliphatic carbocycles. The summed E-state index contributed by atoms with van der Waals surface area (Å²) in [6.07, 6.45) is 2.11. The summed E-state index contributed by atoms with van der Waals surface area (Å²) in [5, 5.41) is 8.67. The Morgan fingerprint density at radius 1 is 1.09 bits per heavy atom. The van der Waals surface area contributed by atoms with Gasteiger partial charge in [0.1, 0.15) is 11.2 Å². The number of nitrogens with zero attached hydrogens (tertiary/aromatic N) is 3. The molecule has 1 amide bonds. The van der Waals surface area contributed by atoms with Crippen LogP contribution in [0.25, 0.3) is 5.65 Å². The van der Waals surface area contributed by atoms with Crippen molar-refractivity contribution in [2.75, 3.05) is 0 Å². The predicted octanol–water partition coefficient (Wildman–Crippen LogP) is 6.04. The highest BCUT2D eigenvalue weighted by molar-refractivity contribution is 6.31. The maximum absolute atomic E-state index is 13.0. The van der Waals surface area contributed by atoms with Crippen LogP contribution in [0.1, 0.15) is 53.5 Å². The number of ether oxygens (including phenoxy) is 1. The third-order valence-electron chi connectivity index (χ3n) is 5.24. The molecule has 8 heteroatoms. The molecule has 2 aromatic carbocycles. The van der Waals surface area contributed by atoms with Crippen molar-refractivity contribution in [2.45, 2.75) is 46.3 Å². The number of carbonyl (C=O) groups excluding carboxylic acids is 1. The second-order valence-corrected chi connectivity index (χ2v) is 9.91. The Kier molecular flexibility index (Phi) is 6.82. The quantitative estimate of drug-likeness (QED) is 0.353. The molecular formula is C26H26Cl2N4O2. The fourth-order valence-corrected chi connectivity index (χ4v) is 3.91. The second kappa shape index (κ2) is 9.65. The lowest BCUT2D eigenvalue weighted by molar-refractivity contribution is 0.0952. The van der Waals surface area contributed by atoms with E-state index in [-0.39, 0.29) is 5.91 Å². The highest BCUT2D eigenvalue weighted by Crippen LogP contribution is 2.30. The number of benzene rings is 2. The molecule has 4 aromatic rings. The summed E-state index contributed by atoms with van der Waals surface area (Å²) in [5.74, 6) is 0.282. The van der Waals surface area contributed by atoms with E-state index in [1.165, 1.54) is 6.20 Å². The summed E-state index contributed by atoms with van der Waals surface area (Å²) < 4.78 is 7.95. The van der Waals surface area contributed by atoms with Crippen molar-refractivity contribution in [1.82, 2.24) is 19.9 Å². The number of fused-ring (bicyclic) bond motifs is 1. The Morgan fingerprint density at radius 3 is 2.47 bits per heavy atom. The van der Waals surface area contributed by atoms with Crippen molar-refractivity contribution >= 4 is 34.8 Å². The van der Waals surface area contributed by atoms with Gasteiger partial charge in [-0.15, -0.1) is 0 Å². The minimum absolute atomic E-state index is 0.283. The first kappa shape index (κ1) is 24.0. The first-order valence-corrected chi connectivity index (χ1v) is 11.7. The molecular weight excluding hydrogens is 471 g/mol. The van der Waals surface area contributed by atoms with Crippen molar-refractivity contribution in [1.29, 1.82) is 0 Å². The monoisotopic (exact) mass is 496 g/mol. The van der Waals surface area contributed by atoms with Gasteiger partial charge in [-0.25, -0.2) is 4.98 Å². The average molecular weight is 497 g/mol. The summed E-state index contributed by atoms with van der Waals surface area (Å²) in [7, 11) is 0. The van der Waals surface area contributed by atoms with Crippen LogP contribution >= 0.6 is 23.2 Å². The van der Waals surface area contributed by atoms with E-state index in [0.29, 0.717) is 40.1 Å². The fourth-order valence-electron chi connectivity index (χ4n) is 3.58. The van der Waals surface area contributed by atoms with Crippen LogP contribution in [0.4, 0.5) is 0 Å². The third kappa shape index (κ3) is 5.34. The summed E-state index contributed by atoms with van der Waals surface area (Å²) in [5.41, 5.74) is 3.89. The van der Waals surface area contributed by atoms with Crippen LogP contribution in [0, 0.1) is 6.92 Å². The van der Waals surface area contributed by atoms with Crippen molar-refractivity contribution in [3.63, 3.8) is 0 Å². The largest absolute Gasteiger partial charge is 0.472 e. The topological polar surface area (TPSA) is 68.5 Å². The molecule has 0 radical (unpaired) electrons. The van der Waals surface area contributed by atoms with Crippen LogP contribution in [0.3, 0.4) is 0 Å². The molecule has 0 atom stereocenters. The summed E-state index contributed by atoms with van der Waals surface area (Å²) in [6, 6.07) is 15.1. The summed E-state index contributed by atoms with van der Waals surface area (Å²) in [4.78, 5) is 17.8. The van der Waals surface area contributed by atoms with E-state index >= 15 is 0 Å². The number of amides is 1. The average Bonchev–Trinajstić information content (AvgIpc) is 3.19. The van der Waals surface area contributed by atoms with E-state index < -0.39 is 5.60 Å². The van der Waals surface area contributed by atoms with Crippen molar-refractivity contribution in [3.8, 4) is 5.88 Å². The molecule has 2 heterocycles. The van der Waals surface area contributed by atoms with E-state index in [1.807, 2.05) is 70.2 Å². The van der Waals surface area contributed by atoms with Gasteiger partial charge >= 0.3 is 0 Å². The van der Waals surface area contributed by atoms with Gasteiger partial charge in [0.15, 0.2) is 5.65 Å². The van der Waals surface area contributed by atoms with Gasteiger partial charge < -0.3 is 10.1 Å². The van der Waals surface area contributed by atoms with Gasteiger partial charge in [-0.1, -0.05) is 53.5 Å². The van der Waals surface area contributed by atoms with Gasteiger partial charge in [-0.3, -0.25) is 4.79 Å². The number of hydrogen-bond donors (Lipinski definition) is 1. The number of aryl methyl sites for hydroxylation is 1. The number of hydrogen-bond acceptors (Lipinski definition) is 4. The molecule has 34 heavy (non-hydrogen) atoms. The van der Waals surface area contributed by atoms with E-state index in [2.05, 4.69) is 10.4 Å². The summed E-state index contributed by atoms with van der Waals surface area (Å²) in [6.45, 7) is 8.14. The molecule has 6 nitrogen and oxygen atoms in total. The Balaban J connectivity index is 1.72. The lowest BCUT2D eigenvalue weighted by Gasteiger charge is -2.24. The predicted molar refractivity (Wildman–Crippen MR) is 135 cm³/mol. The van der Waals surface area contributed by atoms with Gasteiger partial charge in [0, 0.05) is 34.3 Å². The van der Waals surface area contributed by atoms with Gasteiger partial charge in [-0.2, -0.15) is 9.61 Å². The van der Waals surface area contributed by atoms with Crippen LogP contribution in [0.15, 0.2) is 54.7 Å². The van der Waals surface area contributed by atoms with Crippen LogP contribution in [0.5, 0.6) is 5.88 Å². The molecule has 2 aromatic heterocycles. The maximum atomic E-state index is 13.0. The van der Waals surface area contributed by atoms with Crippen LogP contribution in [-0.2, 0) is 13.0 Å². The molecule has 4 rings (SSSR count). The SMILES string of the molecule is Cc1nc2c(C(=O)NCc3ccccc3Cl)cnn2c(OC(C)(C)C)c1Cc1ccc(Cl)cc1. The Hall–Kier alpha value is -3.09. The number of aromatic nitrogens is 3. The van der Waals surface area contributed by atoms with Crippen LogP contribution in [-0.4, -0.2) is 26.1 Å². The second-order valence-electron chi connectivity index (χ2n) is 9.07. The lowest BCUT2D eigenvalue weighted by Crippen LogP contribution is -2.26. The Bertz CT molecular complexity index is 1340. The minimum Gasteiger partial charge on any atom is -0.472 e. The normalized spacial score (nSPS) is 11.6. The van der Waals surface area contributed by atoms with E-state index in [9.17, 15) is 4.79 Å². The standard InChI is InChI=1S/C26H26Cl2N4O2/c1-16-20(13-17-9-11-19(27)12-10-17)25(34-26(2,3)4)32-23(31-16)21(15-30-32)24(33)29-14-18-7-5-6-8-22(18)28/h5-12,15H,13-14H2,1-4H3,(H,29,33). The zero-order chi connectivity index (χ0) is 24.5. The number of nitrogens with one attached hydrogen (secondary N) is 1. The number of halogens is 2. The highest BCUT2D eigenvalue weighted by atomic mass is 35.5. The third-order valence-corrected chi connectivity index (χ3v) is 5.86. The number of carbonyl (C=O) groups is 1. The van der Waals surface area contributed by atoms with E-state index in [4.69, 9.17) is 32.9 Å². The molecule has 0 saturated carbocycles. The van der Waals surface area contributed by atoms with Gasteiger partial charge in [0.05, 0.1) is 6.20 Å². The van der Waals surface area contributed by atoms with Crippen molar-refractivity contribution in [2.24, 2.45) is 0 Å². The molecule has 0 aliphatic rings. The lowest BCUT2D eigenvalue weighted by atomic mass is 10.0. The minimum atomic E-state index is -0.478. The van der Waals surface area contributed by atoms with E-state index in [0.717, 1.165) is 22.4 Å².